The first kappa shape index (κ1) is 22.9. The fourth-order valence-corrected chi connectivity index (χ4v) is 4.55. The minimum Gasteiger partial charge on any atom is -0.378 e. The zero-order chi connectivity index (χ0) is 25.4. The minimum atomic E-state index is -0.0838. The van der Waals surface area contributed by atoms with E-state index in [-0.39, 0.29) is 11.8 Å². The highest BCUT2D eigenvalue weighted by Crippen LogP contribution is 2.32. The quantitative estimate of drug-likeness (QED) is 0.338. The Bertz CT molecular complexity index is 1610. The standard InChI is InChI=1S/C27H25N7O3/c1-2-24(35)31-23-7-6-16(14-28-23)17-12-20-25(32-33-26(20)29-15-17)22-13-19-18(4-3-5-21(19)30-22)27(36)34-8-10-37-11-9-34/h3-7,12-15,30H,2,8-11H2,1H3,(H,28,31,35)(H,29,32,33). The van der Waals surface area contributed by atoms with Crippen LogP contribution >= 0.6 is 0 Å². The summed E-state index contributed by atoms with van der Waals surface area (Å²) >= 11 is 0. The number of H-pyrrole nitrogens is 2. The molecule has 0 spiro atoms. The molecule has 3 N–H and O–H groups in total. The van der Waals surface area contributed by atoms with Crippen LogP contribution in [0.1, 0.15) is 23.7 Å². The lowest BCUT2D eigenvalue weighted by Gasteiger charge is -2.27. The molecule has 2 amide bonds. The molecule has 10 nitrogen and oxygen atoms in total. The van der Waals surface area contributed by atoms with Crippen molar-refractivity contribution >= 4 is 39.6 Å². The van der Waals surface area contributed by atoms with Crippen molar-refractivity contribution in [2.24, 2.45) is 0 Å². The van der Waals surface area contributed by atoms with Gasteiger partial charge in [0, 0.05) is 64.9 Å². The first-order valence-electron chi connectivity index (χ1n) is 12.2. The van der Waals surface area contributed by atoms with Crippen LogP contribution in [0, 0.1) is 0 Å². The van der Waals surface area contributed by atoms with Gasteiger partial charge in [-0.05, 0) is 36.4 Å². The van der Waals surface area contributed by atoms with Crippen molar-refractivity contribution in [3.63, 3.8) is 0 Å². The van der Waals surface area contributed by atoms with Gasteiger partial charge in [-0.3, -0.25) is 14.7 Å². The van der Waals surface area contributed by atoms with Crippen molar-refractivity contribution in [2.75, 3.05) is 31.6 Å². The maximum absolute atomic E-state index is 13.2. The number of aromatic nitrogens is 5. The fourth-order valence-electron chi connectivity index (χ4n) is 4.55. The van der Waals surface area contributed by atoms with Crippen LogP contribution in [0.5, 0.6) is 0 Å². The van der Waals surface area contributed by atoms with Crippen molar-refractivity contribution in [1.29, 1.82) is 0 Å². The number of pyridine rings is 2. The number of nitrogens with zero attached hydrogens (tertiary/aromatic N) is 4. The molecule has 0 radical (unpaired) electrons. The van der Waals surface area contributed by atoms with Crippen LogP contribution < -0.4 is 5.32 Å². The molecule has 1 saturated heterocycles. The molecule has 5 aromatic rings. The van der Waals surface area contributed by atoms with Gasteiger partial charge in [0.2, 0.25) is 5.91 Å². The number of rotatable bonds is 5. The van der Waals surface area contributed by atoms with Crippen molar-refractivity contribution in [2.45, 2.75) is 13.3 Å². The third-order valence-corrected chi connectivity index (χ3v) is 6.56. The first-order chi connectivity index (χ1) is 18.1. The summed E-state index contributed by atoms with van der Waals surface area (Å²) in [5, 5.41) is 11.9. The van der Waals surface area contributed by atoms with Crippen molar-refractivity contribution in [3.05, 3.63) is 60.4 Å². The third-order valence-electron chi connectivity index (χ3n) is 6.56. The number of morpholine rings is 1. The van der Waals surface area contributed by atoms with E-state index in [0.717, 1.165) is 38.8 Å². The molecule has 1 aliphatic heterocycles. The number of anilines is 1. The number of carbonyl (C=O) groups is 2. The van der Waals surface area contributed by atoms with Crippen LogP contribution in [0.3, 0.4) is 0 Å². The minimum absolute atomic E-state index is 0.00365. The van der Waals surface area contributed by atoms with Gasteiger partial charge in [-0.25, -0.2) is 9.97 Å². The van der Waals surface area contributed by atoms with Crippen LogP contribution in [-0.2, 0) is 9.53 Å². The maximum Gasteiger partial charge on any atom is 0.254 e. The van der Waals surface area contributed by atoms with Gasteiger partial charge in [-0.1, -0.05) is 13.0 Å². The van der Waals surface area contributed by atoms with E-state index in [0.29, 0.717) is 49.8 Å². The Morgan fingerprint density at radius 2 is 1.86 bits per heavy atom. The van der Waals surface area contributed by atoms with Gasteiger partial charge >= 0.3 is 0 Å². The molecular weight excluding hydrogens is 470 g/mol. The number of carbonyl (C=O) groups excluding carboxylic acids is 2. The van der Waals surface area contributed by atoms with Crippen molar-refractivity contribution in [1.82, 2.24) is 30.0 Å². The molecule has 1 aliphatic rings. The van der Waals surface area contributed by atoms with Crippen LogP contribution in [0.2, 0.25) is 0 Å². The number of hydrogen-bond donors (Lipinski definition) is 3. The zero-order valence-electron chi connectivity index (χ0n) is 20.2. The average molecular weight is 496 g/mol. The number of amides is 2. The lowest BCUT2D eigenvalue weighted by molar-refractivity contribution is -0.115. The highest BCUT2D eigenvalue weighted by atomic mass is 16.5. The van der Waals surface area contributed by atoms with Crippen LogP contribution in [0.25, 0.3) is 44.5 Å². The molecule has 6 rings (SSSR count). The molecule has 0 aliphatic carbocycles. The van der Waals surface area contributed by atoms with Crippen molar-refractivity contribution in [3.8, 4) is 22.5 Å². The molecule has 1 fully saturated rings. The molecule has 10 heteroatoms. The smallest absolute Gasteiger partial charge is 0.254 e. The maximum atomic E-state index is 13.2. The van der Waals surface area contributed by atoms with Gasteiger partial charge in [0.25, 0.3) is 5.91 Å². The summed E-state index contributed by atoms with van der Waals surface area (Å²) in [5.74, 6) is 0.428. The zero-order valence-corrected chi connectivity index (χ0v) is 20.2. The topological polar surface area (TPSA) is 129 Å². The van der Waals surface area contributed by atoms with E-state index in [1.54, 1.807) is 25.4 Å². The number of fused-ring (bicyclic) bond motifs is 2. The van der Waals surface area contributed by atoms with Gasteiger partial charge in [-0.15, -0.1) is 0 Å². The van der Waals surface area contributed by atoms with Gasteiger partial charge in [-0.2, -0.15) is 5.10 Å². The van der Waals surface area contributed by atoms with E-state index in [4.69, 9.17) is 4.74 Å². The highest BCUT2D eigenvalue weighted by molar-refractivity contribution is 6.08. The SMILES string of the molecule is CCC(=O)Nc1ccc(-c2cnc3n[nH]c(-c4cc5c(C(=O)N6CCOCC6)cccc5[nH]4)c3c2)cn1. The summed E-state index contributed by atoms with van der Waals surface area (Å²) < 4.78 is 5.40. The lowest BCUT2D eigenvalue weighted by atomic mass is 10.1. The van der Waals surface area contributed by atoms with E-state index in [1.807, 2.05) is 41.3 Å². The Balaban J connectivity index is 1.35. The molecule has 0 unspecified atom stereocenters. The second-order valence-corrected chi connectivity index (χ2v) is 8.88. The highest BCUT2D eigenvalue weighted by Gasteiger charge is 2.22. The van der Waals surface area contributed by atoms with E-state index in [1.165, 1.54) is 0 Å². The summed E-state index contributed by atoms with van der Waals surface area (Å²) in [5.41, 5.74) is 5.45. The summed E-state index contributed by atoms with van der Waals surface area (Å²) in [6.07, 6.45) is 3.85. The predicted octanol–water partition coefficient (Wildman–Crippen LogP) is 3.99. The summed E-state index contributed by atoms with van der Waals surface area (Å²) in [4.78, 5) is 39.0. The Morgan fingerprint density at radius 1 is 1.03 bits per heavy atom. The van der Waals surface area contributed by atoms with Crippen LogP contribution in [0.4, 0.5) is 5.82 Å². The molecule has 0 saturated carbocycles. The van der Waals surface area contributed by atoms with Crippen LogP contribution in [-0.4, -0.2) is 68.2 Å². The van der Waals surface area contributed by atoms with E-state index in [2.05, 4.69) is 30.5 Å². The number of nitrogens with one attached hydrogen (secondary N) is 3. The third kappa shape index (κ3) is 4.31. The monoisotopic (exact) mass is 495 g/mol. The lowest BCUT2D eigenvalue weighted by Crippen LogP contribution is -2.40. The van der Waals surface area contributed by atoms with Gasteiger partial charge in [0.15, 0.2) is 5.65 Å². The molecule has 0 atom stereocenters. The van der Waals surface area contributed by atoms with Gasteiger partial charge in [0.1, 0.15) is 5.82 Å². The Kier molecular flexibility index (Phi) is 5.85. The Morgan fingerprint density at radius 3 is 2.65 bits per heavy atom. The van der Waals surface area contributed by atoms with E-state index in [9.17, 15) is 9.59 Å². The fraction of sp³-hybridized carbons (Fsp3) is 0.222. The summed E-state index contributed by atoms with van der Waals surface area (Å²) in [6, 6.07) is 13.4. The largest absolute Gasteiger partial charge is 0.378 e. The predicted molar refractivity (Wildman–Crippen MR) is 140 cm³/mol. The average Bonchev–Trinajstić information content (AvgIpc) is 3.57. The van der Waals surface area contributed by atoms with Crippen LogP contribution in [0.15, 0.2) is 54.9 Å². The van der Waals surface area contributed by atoms with Gasteiger partial charge < -0.3 is 19.9 Å². The Hall–Kier alpha value is -4.57. The molecule has 186 valence electrons. The van der Waals surface area contributed by atoms with Crippen molar-refractivity contribution < 1.29 is 14.3 Å². The summed E-state index contributed by atoms with van der Waals surface area (Å²) in [7, 11) is 0. The Labute approximate surface area is 212 Å². The van der Waals surface area contributed by atoms with Gasteiger partial charge in [0.05, 0.1) is 24.6 Å². The normalized spacial score (nSPS) is 13.8. The second kappa shape index (κ2) is 9.47. The first-order valence-corrected chi connectivity index (χ1v) is 12.2. The van der Waals surface area contributed by atoms with E-state index < -0.39 is 0 Å². The number of aromatic amines is 2. The molecule has 0 bridgehead atoms. The molecule has 5 heterocycles. The molecular formula is C27H25N7O3. The molecule has 4 aromatic heterocycles. The van der Waals surface area contributed by atoms with E-state index >= 15 is 0 Å². The second-order valence-electron chi connectivity index (χ2n) is 8.88. The number of ether oxygens (including phenoxy) is 1. The summed E-state index contributed by atoms with van der Waals surface area (Å²) in [6.45, 7) is 4.09. The molecule has 37 heavy (non-hydrogen) atoms. The molecule has 1 aromatic carbocycles. The number of benzene rings is 1. The number of hydrogen-bond acceptors (Lipinski definition) is 6.